The van der Waals surface area contributed by atoms with Crippen LogP contribution in [0.2, 0.25) is 0 Å². The molecular formula is C36H63NO7P+. The zero-order chi connectivity index (χ0) is 33.5. The van der Waals surface area contributed by atoms with Gasteiger partial charge in [0.05, 0.1) is 34.4 Å². The summed E-state index contributed by atoms with van der Waals surface area (Å²) in [6.45, 7) is 5.12. The number of phosphoric acid groups is 1. The van der Waals surface area contributed by atoms with Crippen molar-refractivity contribution in [3.05, 3.63) is 72.9 Å². The Labute approximate surface area is 274 Å². The minimum absolute atomic E-state index is 0.0733. The Morgan fingerprint density at radius 3 is 1.76 bits per heavy atom. The van der Waals surface area contributed by atoms with Crippen LogP contribution in [0, 0.1) is 0 Å². The zero-order valence-corrected chi connectivity index (χ0v) is 29.7. The standard InChI is InChI=1S/C36H62NO7P/c1-6-8-10-11-12-13-14-15-16-17-18-19-20-21-22-23-24-25-26-28-31-41-33-35(44-36(38)29-27-9-7-2)34-43-45(39,40)42-32-30-37(3,4)5/h8,10,12-13,15-16,18-19,21-22,24-25,35H,6-7,9,11,14,17,20,23,26-34H2,1-5H3/p+1/b10-8-,13-12-,16-15-,19-18-,22-21-,25-24-. The summed E-state index contributed by atoms with van der Waals surface area (Å²) in [7, 11) is 1.61. The molecular weight excluding hydrogens is 589 g/mol. The molecule has 9 heteroatoms. The number of likely N-dealkylation sites (N-methyl/N-ethyl adjacent to an activating group) is 1. The van der Waals surface area contributed by atoms with Gasteiger partial charge in [-0.3, -0.25) is 13.8 Å². The molecule has 2 atom stereocenters. The molecule has 0 saturated heterocycles. The number of hydrogen-bond donors (Lipinski definition) is 1. The van der Waals surface area contributed by atoms with Gasteiger partial charge in [-0.25, -0.2) is 4.57 Å². The van der Waals surface area contributed by atoms with E-state index in [9.17, 15) is 14.3 Å². The van der Waals surface area contributed by atoms with Crippen LogP contribution in [-0.4, -0.2) is 75.6 Å². The maximum absolute atomic E-state index is 12.3. The van der Waals surface area contributed by atoms with Gasteiger partial charge in [0.2, 0.25) is 0 Å². The summed E-state index contributed by atoms with van der Waals surface area (Å²) in [5, 5.41) is 0. The first-order valence-corrected chi connectivity index (χ1v) is 18.2. The second-order valence-electron chi connectivity index (χ2n) is 11.8. The summed E-state index contributed by atoms with van der Waals surface area (Å²) in [6.07, 6.45) is 35.9. The van der Waals surface area contributed by atoms with Crippen molar-refractivity contribution in [1.82, 2.24) is 0 Å². The molecule has 8 nitrogen and oxygen atoms in total. The van der Waals surface area contributed by atoms with E-state index in [-0.39, 0.29) is 25.8 Å². The van der Waals surface area contributed by atoms with E-state index in [2.05, 4.69) is 86.8 Å². The predicted molar refractivity (Wildman–Crippen MR) is 187 cm³/mol. The summed E-state index contributed by atoms with van der Waals surface area (Å²) in [4.78, 5) is 22.3. The van der Waals surface area contributed by atoms with Gasteiger partial charge >= 0.3 is 13.8 Å². The number of nitrogens with zero attached hydrogens (tertiary/aromatic N) is 1. The third-order valence-corrected chi connectivity index (χ3v) is 7.27. The maximum atomic E-state index is 12.3. The molecule has 0 aliphatic heterocycles. The first-order chi connectivity index (χ1) is 21.6. The first-order valence-electron chi connectivity index (χ1n) is 16.7. The Bertz CT molecular complexity index is 948. The van der Waals surface area contributed by atoms with Gasteiger partial charge in [0.25, 0.3) is 0 Å². The van der Waals surface area contributed by atoms with Crippen LogP contribution in [0.5, 0.6) is 0 Å². The summed E-state index contributed by atoms with van der Waals surface area (Å²) < 4.78 is 34.3. The van der Waals surface area contributed by atoms with Gasteiger partial charge in [0, 0.05) is 13.0 Å². The monoisotopic (exact) mass is 652 g/mol. The van der Waals surface area contributed by atoms with E-state index in [1.807, 2.05) is 21.1 Å². The van der Waals surface area contributed by atoms with Crippen molar-refractivity contribution in [2.45, 2.75) is 97.0 Å². The van der Waals surface area contributed by atoms with Crippen LogP contribution >= 0.6 is 7.82 Å². The molecule has 0 aromatic heterocycles. The lowest BCUT2D eigenvalue weighted by atomic mass is 10.2. The largest absolute Gasteiger partial charge is 0.472 e. The molecule has 2 unspecified atom stereocenters. The van der Waals surface area contributed by atoms with Crippen LogP contribution in [0.3, 0.4) is 0 Å². The summed E-state index contributed by atoms with van der Waals surface area (Å²) >= 11 is 0. The average molecular weight is 653 g/mol. The van der Waals surface area contributed by atoms with E-state index >= 15 is 0 Å². The molecule has 0 rings (SSSR count). The Hall–Kier alpha value is -2.06. The molecule has 0 heterocycles. The molecule has 0 aliphatic carbocycles. The van der Waals surface area contributed by atoms with Gasteiger partial charge in [-0.15, -0.1) is 0 Å². The van der Waals surface area contributed by atoms with E-state index in [0.717, 1.165) is 70.6 Å². The van der Waals surface area contributed by atoms with Crippen molar-refractivity contribution in [1.29, 1.82) is 0 Å². The number of allylic oxidation sites excluding steroid dienone is 12. The maximum Gasteiger partial charge on any atom is 0.472 e. The topological polar surface area (TPSA) is 91.3 Å². The van der Waals surface area contributed by atoms with Crippen molar-refractivity contribution >= 4 is 13.8 Å². The molecule has 0 radical (unpaired) electrons. The third-order valence-electron chi connectivity index (χ3n) is 6.28. The molecule has 45 heavy (non-hydrogen) atoms. The number of ether oxygens (including phenoxy) is 2. The van der Waals surface area contributed by atoms with Crippen LogP contribution in [-0.2, 0) is 27.9 Å². The van der Waals surface area contributed by atoms with Crippen LogP contribution in [0.4, 0.5) is 0 Å². The van der Waals surface area contributed by atoms with E-state index in [1.54, 1.807) is 0 Å². The van der Waals surface area contributed by atoms with Gasteiger partial charge in [0.1, 0.15) is 19.3 Å². The number of esters is 1. The first kappa shape index (κ1) is 42.9. The lowest BCUT2D eigenvalue weighted by Crippen LogP contribution is -2.37. The van der Waals surface area contributed by atoms with Gasteiger partial charge < -0.3 is 18.9 Å². The molecule has 0 aromatic rings. The normalized spacial score (nSPS) is 15.1. The molecule has 258 valence electrons. The number of carbonyl (C=O) groups is 1. The second-order valence-corrected chi connectivity index (χ2v) is 13.3. The number of phosphoric ester groups is 1. The minimum Gasteiger partial charge on any atom is -0.457 e. The number of quaternary nitrogens is 1. The van der Waals surface area contributed by atoms with Gasteiger partial charge in [-0.2, -0.15) is 0 Å². The summed E-state index contributed by atoms with van der Waals surface area (Å²) in [5.41, 5.74) is 0. The molecule has 0 fully saturated rings. The van der Waals surface area contributed by atoms with E-state index in [4.69, 9.17) is 18.5 Å². The SMILES string of the molecule is CC/C=C\C/C=C\C/C=C\C/C=C\C/C=C\C/C=C\CCCOCC(COP(=O)(O)OCC[N+](C)(C)C)OC(=O)CCCCC. The van der Waals surface area contributed by atoms with Gasteiger partial charge in [0.15, 0.2) is 0 Å². The Balaban J connectivity index is 4.22. The van der Waals surface area contributed by atoms with Crippen molar-refractivity contribution < 1.29 is 37.3 Å². The van der Waals surface area contributed by atoms with E-state index < -0.39 is 13.9 Å². The smallest absolute Gasteiger partial charge is 0.457 e. The predicted octanol–water partition coefficient (Wildman–Crippen LogP) is 8.81. The highest BCUT2D eigenvalue weighted by atomic mass is 31.2. The number of unbranched alkanes of at least 4 members (excludes halogenated alkanes) is 3. The Morgan fingerprint density at radius 2 is 1.24 bits per heavy atom. The van der Waals surface area contributed by atoms with Crippen LogP contribution < -0.4 is 0 Å². The highest BCUT2D eigenvalue weighted by molar-refractivity contribution is 7.47. The third kappa shape index (κ3) is 33.1. The number of carbonyl (C=O) groups excluding carboxylic acids is 1. The molecule has 0 bridgehead atoms. The quantitative estimate of drug-likeness (QED) is 0.0284. The number of rotatable bonds is 29. The fourth-order valence-corrected chi connectivity index (χ4v) is 4.42. The minimum atomic E-state index is -4.27. The van der Waals surface area contributed by atoms with Crippen LogP contribution in [0.15, 0.2) is 72.9 Å². The number of hydrogen-bond acceptors (Lipinski definition) is 6. The van der Waals surface area contributed by atoms with Gasteiger partial charge in [-0.1, -0.05) is 99.6 Å². The molecule has 0 aromatic carbocycles. The van der Waals surface area contributed by atoms with Gasteiger partial charge in [-0.05, 0) is 57.8 Å². The Morgan fingerprint density at radius 1 is 0.711 bits per heavy atom. The second kappa shape index (κ2) is 29.3. The molecule has 0 aliphatic rings. The highest BCUT2D eigenvalue weighted by Crippen LogP contribution is 2.43. The molecule has 0 saturated carbocycles. The molecule has 0 spiro atoms. The molecule has 1 N–H and O–H groups in total. The fraction of sp³-hybridized carbons (Fsp3) is 0.639. The lowest BCUT2D eigenvalue weighted by molar-refractivity contribution is -0.870. The van der Waals surface area contributed by atoms with E-state index in [1.165, 1.54) is 0 Å². The Kier molecular flexibility index (Phi) is 28.0. The van der Waals surface area contributed by atoms with Crippen LogP contribution in [0.1, 0.15) is 90.9 Å². The fourth-order valence-electron chi connectivity index (χ4n) is 3.68. The van der Waals surface area contributed by atoms with Crippen molar-refractivity contribution in [3.63, 3.8) is 0 Å². The van der Waals surface area contributed by atoms with E-state index in [0.29, 0.717) is 24.1 Å². The van der Waals surface area contributed by atoms with Crippen molar-refractivity contribution in [2.24, 2.45) is 0 Å². The highest BCUT2D eigenvalue weighted by Gasteiger charge is 2.26. The van der Waals surface area contributed by atoms with Crippen molar-refractivity contribution in [3.8, 4) is 0 Å². The van der Waals surface area contributed by atoms with Crippen molar-refractivity contribution in [2.75, 3.05) is 54.1 Å². The summed E-state index contributed by atoms with van der Waals surface area (Å²) in [5.74, 6) is -0.364. The average Bonchev–Trinajstić information content (AvgIpc) is 2.97. The summed E-state index contributed by atoms with van der Waals surface area (Å²) in [6, 6.07) is 0. The lowest BCUT2D eigenvalue weighted by Gasteiger charge is -2.24. The zero-order valence-electron chi connectivity index (χ0n) is 28.8. The molecule has 0 amide bonds. The van der Waals surface area contributed by atoms with Crippen LogP contribution in [0.25, 0.3) is 0 Å².